The molecule has 0 aromatic heterocycles. The van der Waals surface area contributed by atoms with Gasteiger partial charge in [-0.2, -0.15) is 0 Å². The molecule has 0 rings (SSSR count). The third-order valence-electron chi connectivity index (χ3n) is 12.3. The maximum absolute atomic E-state index is 12.9. The monoisotopic (exact) mass is 1060 g/mol. The number of carbonyl (C=O) groups is 3. The van der Waals surface area contributed by atoms with E-state index < -0.39 is 57.8 Å². The summed E-state index contributed by atoms with van der Waals surface area (Å²) in [5.41, 5.74) is 0. The second-order valence-electron chi connectivity index (χ2n) is 19.4. The first-order valence-electron chi connectivity index (χ1n) is 29.5. The number of hydrogen-bond donors (Lipinski definition) is 2. The maximum Gasteiger partial charge on any atom is 0.472 e. The molecule has 0 fully saturated rings. The van der Waals surface area contributed by atoms with Crippen molar-refractivity contribution in [2.45, 2.75) is 264 Å². The second-order valence-corrected chi connectivity index (χ2v) is 20.9. The molecular weight excluding hydrogens is 952 g/mol. The molecule has 12 heteroatoms. The zero-order chi connectivity index (χ0) is 54.1. The summed E-state index contributed by atoms with van der Waals surface area (Å²) in [5.74, 6) is -1.50. The fourth-order valence-electron chi connectivity index (χ4n) is 7.77. The van der Waals surface area contributed by atoms with E-state index in [1.54, 1.807) is 0 Å². The average Bonchev–Trinajstić information content (AvgIpc) is 3.39. The smallest absolute Gasteiger partial charge is 0.462 e. The fourth-order valence-corrected chi connectivity index (χ4v) is 8.55. The topological polar surface area (TPSA) is 155 Å². The van der Waals surface area contributed by atoms with E-state index >= 15 is 0 Å². The molecule has 2 N–H and O–H groups in total. The van der Waals surface area contributed by atoms with Crippen molar-refractivity contribution in [1.29, 1.82) is 0 Å². The lowest BCUT2D eigenvalue weighted by Gasteiger charge is -2.21. The number of aliphatic hydroxyl groups is 1. The van der Waals surface area contributed by atoms with E-state index in [1.165, 1.54) is 51.4 Å². The number of ether oxygens (including phenoxy) is 3. The quantitative estimate of drug-likeness (QED) is 0.0197. The Morgan fingerprint density at radius 2 is 0.716 bits per heavy atom. The van der Waals surface area contributed by atoms with Gasteiger partial charge in [0, 0.05) is 19.3 Å². The fraction of sp³-hybridized carbons (Fsp3) is 0.726. The molecule has 0 aromatic carbocycles. The predicted octanol–water partition coefficient (Wildman–Crippen LogP) is 17.5. The summed E-state index contributed by atoms with van der Waals surface area (Å²) < 4.78 is 39.5. The van der Waals surface area contributed by atoms with Crippen LogP contribution in [0.5, 0.6) is 0 Å². The average molecular weight is 1060 g/mol. The van der Waals surface area contributed by atoms with E-state index in [0.717, 1.165) is 141 Å². The molecule has 0 radical (unpaired) electrons. The number of allylic oxidation sites excluding steroid dienone is 14. The van der Waals surface area contributed by atoms with Crippen LogP contribution < -0.4 is 0 Å². The summed E-state index contributed by atoms with van der Waals surface area (Å²) in [7, 11) is -4.76. The van der Waals surface area contributed by atoms with Crippen LogP contribution in [0.1, 0.15) is 252 Å². The van der Waals surface area contributed by atoms with E-state index in [2.05, 4.69) is 106 Å². The Bertz CT molecular complexity index is 1560. The van der Waals surface area contributed by atoms with Crippen LogP contribution in [-0.4, -0.2) is 66.5 Å². The molecule has 3 atom stereocenters. The van der Waals surface area contributed by atoms with Gasteiger partial charge in [-0.1, -0.05) is 209 Å². The van der Waals surface area contributed by atoms with Crippen LogP contribution in [0, 0.1) is 0 Å². The van der Waals surface area contributed by atoms with Crippen molar-refractivity contribution in [3.63, 3.8) is 0 Å². The van der Waals surface area contributed by atoms with Crippen molar-refractivity contribution in [1.82, 2.24) is 0 Å². The van der Waals surface area contributed by atoms with Gasteiger partial charge < -0.3 is 24.2 Å². The number of aliphatic hydroxyl groups excluding tert-OH is 1. The minimum Gasteiger partial charge on any atom is -0.462 e. The highest BCUT2D eigenvalue weighted by Gasteiger charge is 2.28. The van der Waals surface area contributed by atoms with Crippen LogP contribution in [0.3, 0.4) is 0 Å². The summed E-state index contributed by atoms with van der Waals surface area (Å²) in [5, 5.41) is 9.82. The van der Waals surface area contributed by atoms with Gasteiger partial charge in [-0.05, 0) is 109 Å². The SMILES string of the molecule is CC/C=C\C/C=C\C/C=C\CCCCCCCCCC(=O)OC(CO)COP(=O)(O)OCC(COC(=O)CCCCCCC/C=C\CCCC)OC(=O)CCCCCCCC/C=C\C/C=C\C/C=C\CCCCC. The molecule has 426 valence electrons. The Balaban J connectivity index is 4.70. The zero-order valence-electron chi connectivity index (χ0n) is 47.0. The van der Waals surface area contributed by atoms with E-state index in [9.17, 15) is 28.9 Å². The van der Waals surface area contributed by atoms with Gasteiger partial charge in [-0.15, -0.1) is 0 Å². The van der Waals surface area contributed by atoms with Crippen molar-refractivity contribution in [3.05, 3.63) is 85.1 Å². The number of phosphoric ester groups is 1. The lowest BCUT2D eigenvalue weighted by atomic mass is 10.1. The maximum atomic E-state index is 12.9. The van der Waals surface area contributed by atoms with Gasteiger partial charge in [-0.25, -0.2) is 4.57 Å². The third-order valence-corrected chi connectivity index (χ3v) is 13.2. The highest BCUT2D eigenvalue weighted by atomic mass is 31.2. The largest absolute Gasteiger partial charge is 0.472 e. The van der Waals surface area contributed by atoms with Crippen LogP contribution in [0.4, 0.5) is 0 Å². The number of unbranched alkanes of at least 4 members (excludes halogenated alkanes) is 23. The predicted molar refractivity (Wildman–Crippen MR) is 307 cm³/mol. The molecule has 74 heavy (non-hydrogen) atoms. The molecule has 0 saturated carbocycles. The number of phosphoric acid groups is 1. The van der Waals surface area contributed by atoms with Gasteiger partial charge in [0.1, 0.15) is 12.7 Å². The first-order chi connectivity index (χ1) is 36.2. The Morgan fingerprint density at radius 1 is 0.392 bits per heavy atom. The van der Waals surface area contributed by atoms with Crippen LogP contribution >= 0.6 is 7.82 Å². The molecular formula is C62H107O11P. The summed E-state index contributed by atoms with van der Waals surface area (Å²) in [6.45, 7) is 4.44. The molecule has 0 heterocycles. The van der Waals surface area contributed by atoms with Gasteiger partial charge in [0.2, 0.25) is 0 Å². The summed E-state index contributed by atoms with van der Waals surface area (Å²) in [6, 6.07) is 0. The lowest BCUT2D eigenvalue weighted by Crippen LogP contribution is -2.30. The molecule has 0 saturated heterocycles. The van der Waals surface area contributed by atoms with Gasteiger partial charge in [0.15, 0.2) is 6.10 Å². The molecule has 0 aliphatic rings. The van der Waals surface area contributed by atoms with Crippen molar-refractivity contribution in [3.8, 4) is 0 Å². The summed E-state index contributed by atoms with van der Waals surface area (Å²) in [4.78, 5) is 48.5. The summed E-state index contributed by atoms with van der Waals surface area (Å²) in [6.07, 6.45) is 63.9. The van der Waals surface area contributed by atoms with E-state index in [4.69, 9.17) is 23.3 Å². The molecule has 0 spiro atoms. The van der Waals surface area contributed by atoms with Gasteiger partial charge in [0.05, 0.1) is 19.8 Å². The molecule has 11 nitrogen and oxygen atoms in total. The zero-order valence-corrected chi connectivity index (χ0v) is 47.9. The highest BCUT2D eigenvalue weighted by Crippen LogP contribution is 2.43. The van der Waals surface area contributed by atoms with Gasteiger partial charge in [-0.3, -0.25) is 23.4 Å². The highest BCUT2D eigenvalue weighted by molar-refractivity contribution is 7.47. The minimum atomic E-state index is -4.76. The van der Waals surface area contributed by atoms with Crippen LogP contribution in [0.25, 0.3) is 0 Å². The molecule has 0 bridgehead atoms. The number of esters is 3. The van der Waals surface area contributed by atoms with Crippen molar-refractivity contribution >= 4 is 25.7 Å². The molecule has 0 aromatic rings. The van der Waals surface area contributed by atoms with Crippen LogP contribution in [-0.2, 0) is 42.2 Å². The number of carbonyl (C=O) groups excluding carboxylic acids is 3. The normalized spacial score (nSPS) is 14.0. The van der Waals surface area contributed by atoms with E-state index in [1.807, 2.05) is 0 Å². The Labute approximate surface area is 451 Å². The molecule has 0 amide bonds. The lowest BCUT2D eigenvalue weighted by molar-refractivity contribution is -0.161. The standard InChI is InChI=1S/C62H107O11P/c1-4-7-10-13-16-19-22-24-26-28-29-31-33-35-38-41-44-47-50-53-62(66)73-59(55-69-60(64)51-48-45-42-39-36-21-18-15-12-9-6-3)57-71-74(67,68)70-56-58(54-63)72-61(65)52-49-46-43-40-37-34-32-30-27-25-23-20-17-14-11-8-5-2/h8,11,15-20,24-27,29,31,58-59,63H,4-7,9-10,12-14,21-23,28,30,32-57H2,1-3H3,(H,67,68)/b11-8-,18-15-,19-16-,20-17-,26-24-,27-25-,31-29-. The van der Waals surface area contributed by atoms with Crippen molar-refractivity contribution in [2.75, 3.05) is 26.4 Å². The molecule has 3 unspecified atom stereocenters. The third kappa shape index (κ3) is 53.5. The Morgan fingerprint density at radius 3 is 1.14 bits per heavy atom. The minimum absolute atomic E-state index is 0.148. The molecule has 0 aliphatic carbocycles. The van der Waals surface area contributed by atoms with Crippen LogP contribution in [0.15, 0.2) is 85.1 Å². The first-order valence-corrected chi connectivity index (χ1v) is 31.0. The first kappa shape index (κ1) is 70.7. The van der Waals surface area contributed by atoms with Crippen molar-refractivity contribution < 1.29 is 52.2 Å². The summed E-state index contributed by atoms with van der Waals surface area (Å²) >= 11 is 0. The number of hydrogen-bond acceptors (Lipinski definition) is 10. The Kier molecular flexibility index (Phi) is 53.4. The van der Waals surface area contributed by atoms with Crippen LogP contribution in [0.2, 0.25) is 0 Å². The second kappa shape index (κ2) is 55.9. The van der Waals surface area contributed by atoms with E-state index in [0.29, 0.717) is 19.3 Å². The number of rotatable bonds is 54. The molecule has 0 aliphatic heterocycles. The van der Waals surface area contributed by atoms with Gasteiger partial charge in [0.25, 0.3) is 0 Å². The van der Waals surface area contributed by atoms with E-state index in [-0.39, 0.29) is 25.9 Å². The Hall–Kier alpha value is -3.34. The van der Waals surface area contributed by atoms with Gasteiger partial charge >= 0.3 is 25.7 Å². The van der Waals surface area contributed by atoms with Crippen molar-refractivity contribution in [2.24, 2.45) is 0 Å².